The molecular formula is C28H21FN2O2. The number of aryl methyl sites for hydroxylation is 1. The van der Waals surface area contributed by atoms with Crippen LogP contribution in [0.25, 0.3) is 11.3 Å². The number of aromatic hydroxyl groups is 2. The maximum Gasteiger partial charge on any atom is 0.160 e. The first-order valence-corrected chi connectivity index (χ1v) is 10.6. The molecule has 1 unspecified atom stereocenters. The molecule has 5 rings (SSSR count). The predicted octanol–water partition coefficient (Wildman–Crippen LogP) is 6.82. The van der Waals surface area contributed by atoms with Gasteiger partial charge in [-0.25, -0.2) is 4.39 Å². The van der Waals surface area contributed by atoms with E-state index in [1.54, 1.807) is 54.6 Å². The smallest absolute Gasteiger partial charge is 0.160 e. The van der Waals surface area contributed by atoms with Crippen LogP contribution < -0.4 is 0 Å². The van der Waals surface area contributed by atoms with Crippen molar-refractivity contribution in [3.63, 3.8) is 0 Å². The van der Waals surface area contributed by atoms with Crippen LogP contribution >= 0.6 is 0 Å². The van der Waals surface area contributed by atoms with Gasteiger partial charge in [-0.2, -0.15) is 10.2 Å². The van der Waals surface area contributed by atoms with Crippen molar-refractivity contribution in [3.05, 3.63) is 131 Å². The Bertz CT molecular complexity index is 1380. The molecule has 0 fully saturated rings. The van der Waals surface area contributed by atoms with Gasteiger partial charge in [0.1, 0.15) is 17.3 Å². The fraction of sp³-hybridized carbons (Fsp3) is 0.0714. The topological polar surface area (TPSA) is 65.2 Å². The summed E-state index contributed by atoms with van der Waals surface area (Å²) in [6.07, 6.45) is 0. The second-order valence-corrected chi connectivity index (χ2v) is 8.05. The number of benzene rings is 4. The minimum atomic E-state index is -1.13. The predicted molar refractivity (Wildman–Crippen MR) is 126 cm³/mol. The van der Waals surface area contributed by atoms with Crippen molar-refractivity contribution in [2.75, 3.05) is 0 Å². The summed E-state index contributed by atoms with van der Waals surface area (Å²) in [6, 6.07) is 28.0. The molecule has 0 amide bonds. The summed E-state index contributed by atoms with van der Waals surface area (Å²) >= 11 is 0. The number of rotatable bonds is 4. The highest BCUT2D eigenvalue weighted by atomic mass is 19.1. The van der Waals surface area contributed by atoms with Gasteiger partial charge < -0.3 is 10.2 Å². The average Bonchev–Trinajstić information content (AvgIpc) is 3.23. The molecule has 1 aliphatic heterocycles. The van der Waals surface area contributed by atoms with Crippen LogP contribution in [-0.4, -0.2) is 10.2 Å². The SMILES string of the molecule is Cc1ccc(F)cc1C1(c2ccc(O)cc2)N=NC(c2ccc(O)cc2)=C1c1ccccc1. The van der Waals surface area contributed by atoms with E-state index in [0.717, 1.165) is 27.8 Å². The van der Waals surface area contributed by atoms with E-state index in [1.807, 2.05) is 37.3 Å². The molecule has 5 heteroatoms. The number of halogens is 1. The summed E-state index contributed by atoms with van der Waals surface area (Å²) in [5.74, 6) is -0.0837. The van der Waals surface area contributed by atoms with Crippen LogP contribution in [0.2, 0.25) is 0 Å². The molecule has 33 heavy (non-hydrogen) atoms. The lowest BCUT2D eigenvalue weighted by Gasteiger charge is -2.31. The first kappa shape index (κ1) is 20.6. The van der Waals surface area contributed by atoms with Crippen molar-refractivity contribution in [1.82, 2.24) is 0 Å². The molecule has 0 aliphatic carbocycles. The third kappa shape index (κ3) is 3.48. The van der Waals surface area contributed by atoms with Gasteiger partial charge in [0.05, 0.1) is 5.70 Å². The quantitative estimate of drug-likeness (QED) is 0.368. The molecule has 162 valence electrons. The lowest BCUT2D eigenvalue weighted by Crippen LogP contribution is -2.27. The molecule has 1 atom stereocenters. The van der Waals surface area contributed by atoms with Gasteiger partial charge in [-0.3, -0.25) is 0 Å². The summed E-state index contributed by atoms with van der Waals surface area (Å²) in [4.78, 5) is 0. The lowest BCUT2D eigenvalue weighted by molar-refractivity contribution is 0.474. The summed E-state index contributed by atoms with van der Waals surface area (Å²) in [7, 11) is 0. The van der Waals surface area contributed by atoms with E-state index < -0.39 is 5.54 Å². The van der Waals surface area contributed by atoms with Crippen LogP contribution in [0.3, 0.4) is 0 Å². The standard InChI is InChI=1S/C28H21FN2O2/c1-18-7-12-22(29)17-25(18)28(21-10-15-24(33)16-11-21)26(19-5-3-2-4-6-19)27(30-31-28)20-8-13-23(32)14-9-20/h2-17,32-33H,1H3. The normalized spacial score (nSPS) is 17.5. The Kier molecular flexibility index (Phi) is 5.02. The lowest BCUT2D eigenvalue weighted by atomic mass is 9.72. The molecule has 4 aromatic rings. The van der Waals surface area contributed by atoms with Crippen molar-refractivity contribution >= 4 is 11.3 Å². The Balaban J connectivity index is 1.90. The van der Waals surface area contributed by atoms with Gasteiger partial charge in [0, 0.05) is 11.1 Å². The zero-order valence-corrected chi connectivity index (χ0v) is 17.9. The van der Waals surface area contributed by atoms with Crippen LogP contribution in [0.15, 0.2) is 107 Å². The Morgan fingerprint density at radius 3 is 2.03 bits per heavy atom. The number of phenolic OH excluding ortho intramolecular Hbond substituents is 2. The molecular weight excluding hydrogens is 415 g/mol. The minimum Gasteiger partial charge on any atom is -0.508 e. The summed E-state index contributed by atoms with van der Waals surface area (Å²) < 4.78 is 14.6. The highest BCUT2D eigenvalue weighted by molar-refractivity contribution is 5.98. The van der Waals surface area contributed by atoms with E-state index in [9.17, 15) is 14.6 Å². The molecule has 4 aromatic carbocycles. The molecule has 0 radical (unpaired) electrons. The molecule has 0 bridgehead atoms. The van der Waals surface area contributed by atoms with Crippen LogP contribution in [0.1, 0.15) is 27.8 Å². The zero-order chi connectivity index (χ0) is 23.0. The highest BCUT2D eigenvalue weighted by Gasteiger charge is 2.46. The summed E-state index contributed by atoms with van der Waals surface area (Å²) in [6.45, 7) is 1.92. The first-order valence-electron chi connectivity index (χ1n) is 10.6. The number of nitrogens with zero attached hydrogens (tertiary/aromatic N) is 2. The van der Waals surface area contributed by atoms with E-state index >= 15 is 0 Å². The number of phenols is 2. The zero-order valence-electron chi connectivity index (χ0n) is 17.9. The molecule has 1 aliphatic rings. The van der Waals surface area contributed by atoms with E-state index in [0.29, 0.717) is 11.3 Å². The monoisotopic (exact) mass is 436 g/mol. The minimum absolute atomic E-state index is 0.129. The summed E-state index contributed by atoms with van der Waals surface area (Å²) in [5.41, 5.74) is 4.27. The largest absolute Gasteiger partial charge is 0.508 e. The van der Waals surface area contributed by atoms with Gasteiger partial charge in [-0.05, 0) is 77.7 Å². The maximum atomic E-state index is 14.6. The number of azo groups is 1. The van der Waals surface area contributed by atoms with Crippen LogP contribution in [0, 0.1) is 12.7 Å². The van der Waals surface area contributed by atoms with Gasteiger partial charge in [0.2, 0.25) is 0 Å². The van der Waals surface area contributed by atoms with E-state index in [4.69, 9.17) is 5.11 Å². The third-order valence-corrected chi connectivity index (χ3v) is 5.98. The molecule has 2 N–H and O–H groups in total. The Hall–Kier alpha value is -4.25. The summed E-state index contributed by atoms with van der Waals surface area (Å²) in [5, 5.41) is 29.2. The van der Waals surface area contributed by atoms with Crippen molar-refractivity contribution in [2.24, 2.45) is 10.2 Å². The van der Waals surface area contributed by atoms with E-state index in [1.165, 1.54) is 12.1 Å². The molecule has 0 saturated heterocycles. The molecule has 0 aromatic heterocycles. The van der Waals surface area contributed by atoms with E-state index in [-0.39, 0.29) is 17.3 Å². The second kappa shape index (κ2) is 8.02. The van der Waals surface area contributed by atoms with Crippen molar-refractivity contribution in [2.45, 2.75) is 12.5 Å². The van der Waals surface area contributed by atoms with Gasteiger partial charge in [-0.15, -0.1) is 0 Å². The average molecular weight is 436 g/mol. The van der Waals surface area contributed by atoms with Gasteiger partial charge in [0.15, 0.2) is 5.54 Å². The Morgan fingerprint density at radius 2 is 1.36 bits per heavy atom. The Labute approximate surface area is 191 Å². The van der Waals surface area contributed by atoms with E-state index in [2.05, 4.69) is 5.11 Å². The molecule has 1 heterocycles. The number of hydrogen-bond acceptors (Lipinski definition) is 4. The van der Waals surface area contributed by atoms with Crippen LogP contribution in [-0.2, 0) is 5.54 Å². The van der Waals surface area contributed by atoms with Gasteiger partial charge in [0.25, 0.3) is 0 Å². The fourth-order valence-corrected chi connectivity index (χ4v) is 4.40. The van der Waals surface area contributed by atoms with Gasteiger partial charge >= 0.3 is 0 Å². The van der Waals surface area contributed by atoms with Gasteiger partial charge in [-0.1, -0.05) is 48.5 Å². The second-order valence-electron chi connectivity index (χ2n) is 8.05. The van der Waals surface area contributed by atoms with Crippen LogP contribution in [0.4, 0.5) is 4.39 Å². The Morgan fingerprint density at radius 1 is 0.727 bits per heavy atom. The highest BCUT2D eigenvalue weighted by Crippen LogP contribution is 2.54. The van der Waals surface area contributed by atoms with Crippen molar-refractivity contribution in [3.8, 4) is 11.5 Å². The first-order chi connectivity index (χ1) is 16.0. The van der Waals surface area contributed by atoms with Crippen LogP contribution in [0.5, 0.6) is 11.5 Å². The van der Waals surface area contributed by atoms with Crippen molar-refractivity contribution < 1.29 is 14.6 Å². The molecule has 0 spiro atoms. The fourth-order valence-electron chi connectivity index (χ4n) is 4.40. The van der Waals surface area contributed by atoms with Crippen molar-refractivity contribution in [1.29, 1.82) is 0 Å². The molecule has 4 nitrogen and oxygen atoms in total. The maximum absolute atomic E-state index is 14.6. The number of hydrogen-bond donors (Lipinski definition) is 2. The molecule has 0 saturated carbocycles. The third-order valence-electron chi connectivity index (χ3n) is 5.98.